The van der Waals surface area contributed by atoms with E-state index in [4.69, 9.17) is 5.11 Å². The van der Waals surface area contributed by atoms with E-state index in [1.165, 1.54) is 0 Å². The summed E-state index contributed by atoms with van der Waals surface area (Å²) in [5, 5.41) is 8.61. The van der Waals surface area contributed by atoms with Gasteiger partial charge in [-0.05, 0) is 28.7 Å². The summed E-state index contributed by atoms with van der Waals surface area (Å²) in [6, 6.07) is 1.68. The molecule has 0 unspecified atom stereocenters. The fraction of sp³-hybridized carbons (Fsp3) is 0. The molecule has 0 fully saturated rings. The molecule has 4 heteroatoms. The minimum Gasteiger partial charge on any atom is -0.505 e. The lowest BCUT2D eigenvalue weighted by atomic mass is 10.3. The highest BCUT2D eigenvalue weighted by Gasteiger charge is 2.05. The summed E-state index contributed by atoms with van der Waals surface area (Å²) in [5.74, 6) is -2.07. The molecule has 1 aromatic carbocycles. The van der Waals surface area contributed by atoms with Crippen molar-refractivity contribution in [1.29, 1.82) is 0 Å². The second-order valence-corrected chi connectivity index (χ2v) is 2.88. The van der Waals surface area contributed by atoms with Crippen LogP contribution in [0.25, 0.3) is 0 Å². The van der Waals surface area contributed by atoms with E-state index in [2.05, 4.69) is 0 Å². The number of phenols is 1. The summed E-state index contributed by atoms with van der Waals surface area (Å²) >= 11 is 1.64. The zero-order valence-corrected chi connectivity index (χ0v) is 6.89. The van der Waals surface area contributed by atoms with Crippen LogP contribution in [-0.4, -0.2) is 5.11 Å². The van der Waals surface area contributed by atoms with Gasteiger partial charge in [-0.2, -0.15) is 0 Å². The van der Waals surface area contributed by atoms with E-state index < -0.39 is 17.4 Å². The number of hydrogen-bond donors (Lipinski definition) is 1. The summed E-state index contributed by atoms with van der Waals surface area (Å²) in [6.45, 7) is 0. The number of hydrogen-bond acceptors (Lipinski definition) is 1. The van der Waals surface area contributed by atoms with Crippen LogP contribution in [-0.2, 0) is 0 Å². The second kappa shape index (κ2) is 2.69. The lowest BCUT2D eigenvalue weighted by molar-refractivity contribution is 0.425. The predicted molar refractivity (Wildman–Crippen MR) is 40.7 cm³/mol. The molecule has 0 aliphatic rings. The van der Waals surface area contributed by atoms with Crippen LogP contribution in [0.1, 0.15) is 0 Å². The Labute approximate surface area is 69.8 Å². The Hall–Kier alpha value is -0.390. The molecule has 0 heterocycles. The number of rotatable bonds is 0. The van der Waals surface area contributed by atoms with E-state index in [1.807, 2.05) is 0 Å². The molecule has 0 bridgehead atoms. The van der Waals surface area contributed by atoms with Gasteiger partial charge in [0.05, 0.1) is 3.57 Å². The summed E-state index contributed by atoms with van der Waals surface area (Å²) in [4.78, 5) is 0. The zero-order valence-electron chi connectivity index (χ0n) is 4.74. The largest absolute Gasteiger partial charge is 0.505 e. The Balaban J connectivity index is 3.28. The molecule has 0 saturated carbocycles. The van der Waals surface area contributed by atoms with E-state index in [0.717, 1.165) is 12.1 Å². The summed E-state index contributed by atoms with van der Waals surface area (Å²) in [6.07, 6.45) is 0. The minimum absolute atomic E-state index is 0.160. The van der Waals surface area contributed by atoms with Crippen molar-refractivity contribution >= 4 is 22.6 Å². The monoisotopic (exact) mass is 256 g/mol. The fourth-order valence-corrected chi connectivity index (χ4v) is 0.941. The lowest BCUT2D eigenvalue weighted by Crippen LogP contribution is -1.84. The Kier molecular flexibility index (Phi) is 2.08. The van der Waals surface area contributed by atoms with E-state index in [1.54, 1.807) is 22.6 Å². The van der Waals surface area contributed by atoms with Gasteiger partial charge in [-0.25, -0.2) is 8.78 Å². The normalized spacial score (nSPS) is 9.90. The maximum Gasteiger partial charge on any atom is 0.166 e. The molecule has 1 rings (SSSR count). The van der Waals surface area contributed by atoms with Gasteiger partial charge in [0.25, 0.3) is 0 Å². The molecule has 0 spiro atoms. The first-order chi connectivity index (χ1) is 4.61. The van der Waals surface area contributed by atoms with Crippen LogP contribution in [0, 0.1) is 15.2 Å². The molecule has 0 saturated heterocycles. The Morgan fingerprint density at radius 2 is 1.80 bits per heavy atom. The van der Waals surface area contributed by atoms with Crippen molar-refractivity contribution in [3.05, 3.63) is 27.3 Å². The highest BCUT2D eigenvalue weighted by atomic mass is 127. The second-order valence-electron chi connectivity index (χ2n) is 1.72. The minimum atomic E-state index is -0.800. The van der Waals surface area contributed by atoms with Gasteiger partial charge in [0.15, 0.2) is 11.6 Å². The van der Waals surface area contributed by atoms with E-state index in [-0.39, 0.29) is 3.57 Å². The molecule has 0 radical (unpaired) electrons. The third kappa shape index (κ3) is 1.36. The van der Waals surface area contributed by atoms with Crippen LogP contribution < -0.4 is 0 Å². The smallest absolute Gasteiger partial charge is 0.166 e. The average Bonchev–Trinajstić information content (AvgIpc) is 1.84. The van der Waals surface area contributed by atoms with Gasteiger partial charge in [-0.1, -0.05) is 0 Å². The number of phenolic OH excluding ortho intramolecular Hbond substituents is 1. The SMILES string of the molecule is Oc1cc(F)c(I)cc1F. The Bertz CT molecular complexity index is 212. The maximum absolute atomic E-state index is 12.4. The number of halogens is 3. The summed E-state index contributed by atoms with van der Waals surface area (Å²) in [7, 11) is 0. The summed E-state index contributed by atoms with van der Waals surface area (Å²) in [5.41, 5.74) is 0. The molecule has 0 amide bonds. The van der Waals surface area contributed by atoms with Crippen molar-refractivity contribution in [3.8, 4) is 5.75 Å². The maximum atomic E-state index is 12.4. The topological polar surface area (TPSA) is 20.2 Å². The van der Waals surface area contributed by atoms with Crippen LogP contribution >= 0.6 is 22.6 Å². The zero-order chi connectivity index (χ0) is 7.72. The van der Waals surface area contributed by atoms with E-state index >= 15 is 0 Å². The molecule has 0 atom stereocenters. The average molecular weight is 256 g/mol. The van der Waals surface area contributed by atoms with Crippen LogP contribution in [0.2, 0.25) is 0 Å². The quantitative estimate of drug-likeness (QED) is 0.557. The van der Waals surface area contributed by atoms with Crippen molar-refractivity contribution in [3.63, 3.8) is 0 Å². The van der Waals surface area contributed by atoms with Crippen LogP contribution in [0.15, 0.2) is 12.1 Å². The van der Waals surface area contributed by atoms with Crippen LogP contribution in [0.3, 0.4) is 0 Å². The highest BCUT2D eigenvalue weighted by Crippen LogP contribution is 2.20. The van der Waals surface area contributed by atoms with Gasteiger partial charge in [0, 0.05) is 6.07 Å². The first kappa shape index (κ1) is 7.71. The standard InChI is InChI=1S/C6H3F2IO/c7-3-2-6(10)4(8)1-5(3)9/h1-2,10H. The number of aromatic hydroxyl groups is 1. The van der Waals surface area contributed by atoms with Gasteiger partial charge in [-0.3, -0.25) is 0 Å². The van der Waals surface area contributed by atoms with Gasteiger partial charge < -0.3 is 5.11 Å². The molecule has 1 nitrogen and oxygen atoms in total. The molecule has 0 aliphatic carbocycles. The Morgan fingerprint density at radius 1 is 1.20 bits per heavy atom. The summed E-state index contributed by atoms with van der Waals surface area (Å²) < 4.78 is 24.9. The predicted octanol–water partition coefficient (Wildman–Crippen LogP) is 2.28. The van der Waals surface area contributed by atoms with Gasteiger partial charge in [-0.15, -0.1) is 0 Å². The van der Waals surface area contributed by atoms with Crippen molar-refractivity contribution in [1.82, 2.24) is 0 Å². The van der Waals surface area contributed by atoms with Gasteiger partial charge >= 0.3 is 0 Å². The van der Waals surface area contributed by atoms with Gasteiger partial charge in [0.1, 0.15) is 5.82 Å². The molecule has 1 aromatic rings. The fourth-order valence-electron chi connectivity index (χ4n) is 0.512. The van der Waals surface area contributed by atoms with Crippen molar-refractivity contribution in [2.75, 3.05) is 0 Å². The van der Waals surface area contributed by atoms with Crippen LogP contribution in [0.4, 0.5) is 8.78 Å². The first-order valence-corrected chi connectivity index (χ1v) is 3.52. The molecular weight excluding hydrogens is 253 g/mol. The van der Waals surface area contributed by atoms with E-state index in [0.29, 0.717) is 0 Å². The lowest BCUT2D eigenvalue weighted by Gasteiger charge is -1.96. The van der Waals surface area contributed by atoms with E-state index in [9.17, 15) is 8.78 Å². The molecule has 1 N–H and O–H groups in total. The van der Waals surface area contributed by atoms with Crippen molar-refractivity contribution < 1.29 is 13.9 Å². The molecule has 0 aliphatic heterocycles. The van der Waals surface area contributed by atoms with Gasteiger partial charge in [0.2, 0.25) is 0 Å². The molecule has 10 heavy (non-hydrogen) atoms. The van der Waals surface area contributed by atoms with Crippen LogP contribution in [0.5, 0.6) is 5.75 Å². The molecule has 0 aromatic heterocycles. The van der Waals surface area contributed by atoms with Crippen molar-refractivity contribution in [2.24, 2.45) is 0 Å². The number of benzene rings is 1. The highest BCUT2D eigenvalue weighted by molar-refractivity contribution is 14.1. The first-order valence-electron chi connectivity index (χ1n) is 2.45. The van der Waals surface area contributed by atoms with Crippen molar-refractivity contribution in [2.45, 2.75) is 0 Å². The third-order valence-corrected chi connectivity index (χ3v) is 1.82. The molecular formula is C6H3F2IO. The molecule has 54 valence electrons. The third-order valence-electron chi connectivity index (χ3n) is 0.990. The Morgan fingerprint density at radius 3 is 2.30 bits per heavy atom.